The number of carbonyl (C=O) groups excluding carboxylic acids is 2. The number of nitrogens with one attached hydrogen (secondary N) is 2. The number of amides is 2. The highest BCUT2D eigenvalue weighted by molar-refractivity contribution is 6.05. The summed E-state index contributed by atoms with van der Waals surface area (Å²) in [7, 11) is 0. The largest absolute Gasteiger partial charge is 0.355 e. The van der Waals surface area contributed by atoms with E-state index in [1.54, 1.807) is 12.2 Å². The van der Waals surface area contributed by atoms with Crippen molar-refractivity contribution in [3.63, 3.8) is 0 Å². The molecule has 0 fully saturated rings. The van der Waals surface area contributed by atoms with E-state index in [-0.39, 0.29) is 11.8 Å². The first-order chi connectivity index (χ1) is 9.08. The van der Waals surface area contributed by atoms with Gasteiger partial charge in [0.15, 0.2) is 0 Å². The molecule has 0 aliphatic carbocycles. The lowest BCUT2D eigenvalue weighted by Gasteiger charge is -2.29. The molecule has 0 saturated heterocycles. The van der Waals surface area contributed by atoms with Crippen molar-refractivity contribution >= 4 is 11.8 Å². The maximum Gasteiger partial charge on any atom is 0.236 e. The summed E-state index contributed by atoms with van der Waals surface area (Å²) in [5.74, 6) is -0.495. The quantitative estimate of drug-likeness (QED) is 0.470. The summed E-state index contributed by atoms with van der Waals surface area (Å²) in [4.78, 5) is 24.7. The molecule has 2 amide bonds. The first-order valence-electron chi connectivity index (χ1n) is 6.87. The zero-order valence-corrected chi connectivity index (χ0v) is 12.1. The topological polar surface area (TPSA) is 58.2 Å². The van der Waals surface area contributed by atoms with E-state index in [1.165, 1.54) is 0 Å². The van der Waals surface area contributed by atoms with Crippen LogP contribution in [-0.2, 0) is 9.59 Å². The van der Waals surface area contributed by atoms with E-state index in [2.05, 4.69) is 23.8 Å². The summed E-state index contributed by atoms with van der Waals surface area (Å²) in [6.07, 6.45) is 5.51. The van der Waals surface area contributed by atoms with Gasteiger partial charge >= 0.3 is 0 Å². The van der Waals surface area contributed by atoms with Crippen LogP contribution in [0, 0.1) is 5.41 Å². The van der Waals surface area contributed by atoms with E-state index < -0.39 is 5.41 Å². The van der Waals surface area contributed by atoms with Gasteiger partial charge in [0.25, 0.3) is 0 Å². The Kier molecular flexibility index (Phi) is 8.58. The smallest absolute Gasteiger partial charge is 0.236 e. The predicted molar refractivity (Wildman–Crippen MR) is 78.7 cm³/mol. The van der Waals surface area contributed by atoms with E-state index in [0.717, 1.165) is 12.8 Å². The molecule has 4 heteroatoms. The van der Waals surface area contributed by atoms with Crippen LogP contribution in [0.15, 0.2) is 25.3 Å². The van der Waals surface area contributed by atoms with Crippen LogP contribution < -0.4 is 10.6 Å². The molecule has 0 saturated carbocycles. The molecule has 0 atom stereocenters. The fourth-order valence-electron chi connectivity index (χ4n) is 1.87. The van der Waals surface area contributed by atoms with E-state index in [0.29, 0.717) is 25.9 Å². The molecule has 0 spiro atoms. The summed E-state index contributed by atoms with van der Waals surface area (Å²) >= 11 is 0. The molecular formula is C15H26N2O2. The lowest BCUT2D eigenvalue weighted by molar-refractivity contribution is -0.143. The maximum atomic E-state index is 12.3. The molecule has 0 aromatic carbocycles. The lowest BCUT2D eigenvalue weighted by Crippen LogP contribution is -2.51. The first-order valence-corrected chi connectivity index (χ1v) is 6.87. The molecule has 0 aliphatic heterocycles. The van der Waals surface area contributed by atoms with Crippen LogP contribution in [0.25, 0.3) is 0 Å². The van der Waals surface area contributed by atoms with Crippen molar-refractivity contribution in [1.29, 1.82) is 0 Å². The van der Waals surface area contributed by atoms with Gasteiger partial charge in [-0.05, 0) is 25.7 Å². The molecule has 19 heavy (non-hydrogen) atoms. The molecule has 0 rings (SSSR count). The predicted octanol–water partition coefficient (Wildman–Crippen LogP) is 2.18. The van der Waals surface area contributed by atoms with Crippen LogP contribution in [-0.4, -0.2) is 24.9 Å². The van der Waals surface area contributed by atoms with Crippen molar-refractivity contribution in [2.24, 2.45) is 5.41 Å². The van der Waals surface area contributed by atoms with Crippen molar-refractivity contribution in [1.82, 2.24) is 10.6 Å². The molecule has 0 radical (unpaired) electrons. The van der Waals surface area contributed by atoms with Crippen LogP contribution in [0.4, 0.5) is 0 Å². The number of hydrogen-bond acceptors (Lipinski definition) is 2. The van der Waals surface area contributed by atoms with E-state index >= 15 is 0 Å². The molecule has 0 aliphatic rings. The Labute approximate surface area is 116 Å². The van der Waals surface area contributed by atoms with Crippen LogP contribution in [0.5, 0.6) is 0 Å². The minimum atomic E-state index is -1.12. The Hall–Kier alpha value is -1.58. The third-order valence-corrected chi connectivity index (χ3v) is 2.93. The van der Waals surface area contributed by atoms with Gasteiger partial charge in [0.2, 0.25) is 11.8 Å². The Morgan fingerprint density at radius 3 is 1.58 bits per heavy atom. The monoisotopic (exact) mass is 266 g/mol. The highest BCUT2D eigenvalue weighted by atomic mass is 16.2. The van der Waals surface area contributed by atoms with Gasteiger partial charge in [0.05, 0.1) is 0 Å². The molecule has 0 aromatic heterocycles. The van der Waals surface area contributed by atoms with Gasteiger partial charge in [-0.3, -0.25) is 9.59 Å². The normalized spacial score (nSPS) is 10.6. The average Bonchev–Trinajstić information content (AvgIpc) is 2.41. The Morgan fingerprint density at radius 1 is 0.947 bits per heavy atom. The second-order valence-corrected chi connectivity index (χ2v) is 4.58. The molecule has 0 aromatic rings. The van der Waals surface area contributed by atoms with Gasteiger partial charge < -0.3 is 10.6 Å². The van der Waals surface area contributed by atoms with Gasteiger partial charge in [-0.15, -0.1) is 13.2 Å². The van der Waals surface area contributed by atoms with Crippen molar-refractivity contribution in [3.05, 3.63) is 25.3 Å². The zero-order chi connectivity index (χ0) is 14.7. The van der Waals surface area contributed by atoms with Gasteiger partial charge in [-0.1, -0.05) is 26.0 Å². The number of hydrogen-bond donors (Lipinski definition) is 2. The van der Waals surface area contributed by atoms with Gasteiger partial charge in [-0.2, -0.15) is 0 Å². The Morgan fingerprint density at radius 2 is 1.32 bits per heavy atom. The maximum absolute atomic E-state index is 12.3. The van der Waals surface area contributed by atoms with Gasteiger partial charge in [0, 0.05) is 13.1 Å². The van der Waals surface area contributed by atoms with Crippen molar-refractivity contribution in [2.75, 3.05) is 13.1 Å². The van der Waals surface area contributed by atoms with Crippen molar-refractivity contribution < 1.29 is 9.59 Å². The van der Waals surface area contributed by atoms with Gasteiger partial charge in [0.1, 0.15) is 5.41 Å². The molecule has 108 valence electrons. The fourth-order valence-corrected chi connectivity index (χ4v) is 1.87. The molecule has 0 heterocycles. The first kappa shape index (κ1) is 17.4. The van der Waals surface area contributed by atoms with E-state index in [4.69, 9.17) is 0 Å². The second kappa shape index (κ2) is 9.36. The molecule has 0 unspecified atom stereocenters. The number of allylic oxidation sites excluding steroid dienone is 2. The molecule has 4 nitrogen and oxygen atoms in total. The zero-order valence-electron chi connectivity index (χ0n) is 12.1. The average molecular weight is 266 g/mol. The second-order valence-electron chi connectivity index (χ2n) is 4.58. The summed E-state index contributed by atoms with van der Waals surface area (Å²) in [6.45, 7) is 12.4. The van der Waals surface area contributed by atoms with Crippen LogP contribution in [0.1, 0.15) is 39.5 Å². The SMILES string of the molecule is C=CCC(CC=C)(C(=O)NCCC)C(=O)NCCC. The minimum absolute atomic E-state index is 0.247. The van der Waals surface area contributed by atoms with Crippen molar-refractivity contribution in [3.8, 4) is 0 Å². The number of carbonyl (C=O) groups is 2. The highest BCUT2D eigenvalue weighted by Crippen LogP contribution is 2.28. The van der Waals surface area contributed by atoms with E-state index in [9.17, 15) is 9.59 Å². The molecular weight excluding hydrogens is 240 g/mol. The molecule has 0 bridgehead atoms. The van der Waals surface area contributed by atoms with Crippen LogP contribution in [0.3, 0.4) is 0 Å². The fraction of sp³-hybridized carbons (Fsp3) is 0.600. The standard InChI is InChI=1S/C15H26N2O2/c1-5-9-15(10-6-2,13(18)16-11-7-3)14(19)17-12-8-4/h5-6H,1-2,7-12H2,3-4H3,(H,16,18)(H,17,19). The Bertz CT molecular complexity index is 292. The summed E-state index contributed by atoms with van der Waals surface area (Å²) in [5.41, 5.74) is -1.12. The summed E-state index contributed by atoms with van der Waals surface area (Å²) in [6, 6.07) is 0. The highest BCUT2D eigenvalue weighted by Gasteiger charge is 2.43. The molecule has 2 N–H and O–H groups in total. The third-order valence-electron chi connectivity index (χ3n) is 2.93. The van der Waals surface area contributed by atoms with Crippen LogP contribution >= 0.6 is 0 Å². The summed E-state index contributed by atoms with van der Waals surface area (Å²) < 4.78 is 0. The van der Waals surface area contributed by atoms with Crippen LogP contribution in [0.2, 0.25) is 0 Å². The summed E-state index contributed by atoms with van der Waals surface area (Å²) in [5, 5.41) is 5.61. The lowest BCUT2D eigenvalue weighted by atomic mass is 9.79. The minimum Gasteiger partial charge on any atom is -0.355 e. The van der Waals surface area contributed by atoms with Gasteiger partial charge in [-0.25, -0.2) is 0 Å². The number of rotatable bonds is 10. The van der Waals surface area contributed by atoms with E-state index in [1.807, 2.05) is 13.8 Å². The van der Waals surface area contributed by atoms with Crippen molar-refractivity contribution in [2.45, 2.75) is 39.5 Å². The third kappa shape index (κ3) is 4.89. The Balaban J connectivity index is 5.14.